The zero-order chi connectivity index (χ0) is 14.2. The summed E-state index contributed by atoms with van der Waals surface area (Å²) >= 11 is 11.7. The summed E-state index contributed by atoms with van der Waals surface area (Å²) in [7, 11) is 0. The largest absolute Gasteiger partial charge is 0.217 e. The zero-order valence-corrected chi connectivity index (χ0v) is 12.3. The van der Waals surface area contributed by atoms with Crippen LogP contribution in [0.3, 0.4) is 0 Å². The van der Waals surface area contributed by atoms with E-state index in [1.165, 1.54) is 0 Å². The van der Waals surface area contributed by atoms with Crippen LogP contribution < -0.4 is 0 Å². The van der Waals surface area contributed by atoms with Crippen LogP contribution in [0.5, 0.6) is 0 Å². The first-order chi connectivity index (χ1) is 9.63. The normalized spacial score (nSPS) is 17.4. The van der Waals surface area contributed by atoms with Gasteiger partial charge in [-0.25, -0.2) is 14.4 Å². The Balaban J connectivity index is 2.17. The van der Waals surface area contributed by atoms with Gasteiger partial charge in [-0.05, 0) is 18.4 Å². The van der Waals surface area contributed by atoms with Crippen molar-refractivity contribution in [2.24, 2.45) is 0 Å². The molecule has 0 atom stereocenters. The Hall–Kier alpha value is -1.19. The Bertz CT molecular complexity index is 602. The maximum atomic E-state index is 13.5. The predicted octanol–water partition coefficient (Wildman–Crippen LogP) is 4.78. The van der Waals surface area contributed by atoms with Gasteiger partial charge in [0.05, 0.1) is 5.41 Å². The molecule has 2 nitrogen and oxygen atoms in total. The number of nitrogens with zero attached hydrogens (tertiary/aromatic N) is 2. The van der Waals surface area contributed by atoms with Gasteiger partial charge in [0.2, 0.25) is 0 Å². The number of hydrogen-bond acceptors (Lipinski definition) is 2. The summed E-state index contributed by atoms with van der Waals surface area (Å²) in [5.41, 5.74) is 0.832. The van der Waals surface area contributed by atoms with Crippen molar-refractivity contribution in [2.45, 2.75) is 31.1 Å². The molecule has 1 heterocycles. The van der Waals surface area contributed by atoms with Crippen LogP contribution in [0.1, 0.15) is 37.1 Å². The average molecular weight is 311 g/mol. The van der Waals surface area contributed by atoms with Gasteiger partial charge in [-0.15, -0.1) is 0 Å². The highest BCUT2D eigenvalue weighted by Gasteiger charge is 2.40. The standard InChI is InChI=1S/C15H13Cl2FN2/c16-12-11(18)13(17)20-14(19-12)15(8-4-5-9-15)10-6-2-1-3-7-10/h1-3,6-7H,4-5,8-9H2. The molecule has 1 aromatic heterocycles. The highest BCUT2D eigenvalue weighted by molar-refractivity contribution is 6.33. The summed E-state index contributed by atoms with van der Waals surface area (Å²) < 4.78 is 13.5. The van der Waals surface area contributed by atoms with E-state index in [4.69, 9.17) is 23.2 Å². The molecule has 3 rings (SSSR count). The highest BCUT2D eigenvalue weighted by atomic mass is 35.5. The maximum absolute atomic E-state index is 13.5. The summed E-state index contributed by atoms with van der Waals surface area (Å²) in [5, 5.41) is -0.413. The Labute approximate surface area is 127 Å². The summed E-state index contributed by atoms with van der Waals surface area (Å²) in [6, 6.07) is 10.1. The van der Waals surface area contributed by atoms with Gasteiger partial charge in [-0.3, -0.25) is 0 Å². The van der Waals surface area contributed by atoms with Crippen LogP contribution in [0.15, 0.2) is 30.3 Å². The van der Waals surface area contributed by atoms with Crippen molar-refractivity contribution in [3.63, 3.8) is 0 Å². The van der Waals surface area contributed by atoms with Crippen LogP contribution in [-0.4, -0.2) is 9.97 Å². The third kappa shape index (κ3) is 2.19. The number of aromatic nitrogens is 2. The number of rotatable bonds is 2. The van der Waals surface area contributed by atoms with E-state index in [9.17, 15) is 4.39 Å². The number of benzene rings is 1. The lowest BCUT2D eigenvalue weighted by molar-refractivity contribution is 0.491. The number of hydrogen-bond donors (Lipinski definition) is 0. The first-order valence-corrected chi connectivity index (χ1v) is 7.34. The lowest BCUT2D eigenvalue weighted by Crippen LogP contribution is -2.27. The van der Waals surface area contributed by atoms with E-state index in [-0.39, 0.29) is 15.7 Å². The van der Waals surface area contributed by atoms with E-state index in [0.717, 1.165) is 31.2 Å². The quantitative estimate of drug-likeness (QED) is 0.746. The second-order valence-electron chi connectivity index (χ2n) is 5.10. The van der Waals surface area contributed by atoms with Crippen LogP contribution in [-0.2, 0) is 5.41 Å². The minimum Gasteiger partial charge on any atom is -0.217 e. The van der Waals surface area contributed by atoms with Crippen molar-refractivity contribution >= 4 is 23.2 Å². The van der Waals surface area contributed by atoms with Crippen molar-refractivity contribution in [1.82, 2.24) is 9.97 Å². The van der Waals surface area contributed by atoms with E-state index in [1.54, 1.807) is 0 Å². The molecule has 0 bridgehead atoms. The van der Waals surface area contributed by atoms with Gasteiger partial charge in [-0.1, -0.05) is 66.4 Å². The molecular weight excluding hydrogens is 298 g/mol. The van der Waals surface area contributed by atoms with Crippen LogP contribution in [0, 0.1) is 5.82 Å². The Morgan fingerprint density at radius 2 is 1.50 bits per heavy atom. The summed E-state index contributed by atoms with van der Waals surface area (Å²) in [4.78, 5) is 8.32. The molecule has 0 N–H and O–H groups in total. The molecule has 1 aromatic carbocycles. The zero-order valence-electron chi connectivity index (χ0n) is 10.7. The first kappa shape index (κ1) is 13.8. The van der Waals surface area contributed by atoms with Crippen molar-refractivity contribution < 1.29 is 4.39 Å². The molecule has 1 aliphatic rings. The van der Waals surface area contributed by atoms with E-state index in [0.29, 0.717) is 5.82 Å². The fourth-order valence-electron chi connectivity index (χ4n) is 2.99. The highest BCUT2D eigenvalue weighted by Crippen LogP contribution is 2.45. The lowest BCUT2D eigenvalue weighted by atomic mass is 9.78. The van der Waals surface area contributed by atoms with Gasteiger partial charge >= 0.3 is 0 Å². The lowest BCUT2D eigenvalue weighted by Gasteiger charge is -2.28. The molecular formula is C15H13Cl2FN2. The molecule has 104 valence electrons. The van der Waals surface area contributed by atoms with Gasteiger partial charge in [0, 0.05) is 0 Å². The molecule has 0 unspecified atom stereocenters. The van der Waals surface area contributed by atoms with E-state index in [1.807, 2.05) is 18.2 Å². The maximum Gasteiger partial charge on any atom is 0.197 e. The second kappa shape index (κ2) is 5.30. The van der Waals surface area contributed by atoms with Crippen LogP contribution >= 0.6 is 23.2 Å². The molecule has 0 radical (unpaired) electrons. The fraction of sp³-hybridized carbons (Fsp3) is 0.333. The van der Waals surface area contributed by atoms with Crippen molar-refractivity contribution in [3.05, 3.63) is 57.8 Å². The third-order valence-corrected chi connectivity index (χ3v) is 4.48. The van der Waals surface area contributed by atoms with Gasteiger partial charge < -0.3 is 0 Å². The molecule has 0 amide bonds. The topological polar surface area (TPSA) is 25.8 Å². The molecule has 1 fully saturated rings. The van der Waals surface area contributed by atoms with Gasteiger partial charge in [0.25, 0.3) is 0 Å². The molecule has 0 saturated heterocycles. The molecule has 20 heavy (non-hydrogen) atoms. The van der Waals surface area contributed by atoms with E-state index in [2.05, 4.69) is 22.1 Å². The molecule has 0 aliphatic heterocycles. The Morgan fingerprint density at radius 3 is 2.05 bits per heavy atom. The van der Waals surface area contributed by atoms with Crippen molar-refractivity contribution in [3.8, 4) is 0 Å². The van der Waals surface area contributed by atoms with Crippen LogP contribution in [0.25, 0.3) is 0 Å². The smallest absolute Gasteiger partial charge is 0.197 e. The van der Waals surface area contributed by atoms with Crippen molar-refractivity contribution in [2.75, 3.05) is 0 Å². The monoisotopic (exact) mass is 310 g/mol. The fourth-order valence-corrected chi connectivity index (χ4v) is 3.37. The summed E-state index contributed by atoms with van der Waals surface area (Å²) in [6.45, 7) is 0. The summed E-state index contributed by atoms with van der Waals surface area (Å²) in [5.74, 6) is -0.226. The Morgan fingerprint density at radius 1 is 0.950 bits per heavy atom. The van der Waals surface area contributed by atoms with Gasteiger partial charge in [-0.2, -0.15) is 0 Å². The third-order valence-electron chi connectivity index (χ3n) is 3.98. The first-order valence-electron chi connectivity index (χ1n) is 6.58. The average Bonchev–Trinajstić information content (AvgIpc) is 2.96. The van der Waals surface area contributed by atoms with Crippen molar-refractivity contribution in [1.29, 1.82) is 0 Å². The summed E-state index contributed by atoms with van der Waals surface area (Å²) in [6.07, 6.45) is 4.03. The van der Waals surface area contributed by atoms with Crippen LogP contribution in [0.4, 0.5) is 4.39 Å². The molecule has 1 saturated carbocycles. The van der Waals surface area contributed by atoms with Gasteiger partial charge in [0.1, 0.15) is 5.82 Å². The molecule has 5 heteroatoms. The van der Waals surface area contributed by atoms with Crippen LogP contribution in [0.2, 0.25) is 10.3 Å². The van der Waals surface area contributed by atoms with E-state index < -0.39 is 5.82 Å². The molecule has 0 spiro atoms. The van der Waals surface area contributed by atoms with E-state index >= 15 is 0 Å². The predicted molar refractivity (Wildman–Crippen MR) is 77.7 cm³/mol. The second-order valence-corrected chi connectivity index (χ2v) is 5.81. The minimum absolute atomic E-state index is 0.206. The van der Waals surface area contributed by atoms with Gasteiger partial charge in [0.15, 0.2) is 16.1 Å². The SMILES string of the molecule is Fc1c(Cl)nc(C2(c3ccccc3)CCCC2)nc1Cl. The number of halogens is 3. The minimum atomic E-state index is -0.752. The molecule has 2 aromatic rings. The molecule has 1 aliphatic carbocycles. The Kier molecular flexibility index (Phi) is 3.65.